The van der Waals surface area contributed by atoms with Gasteiger partial charge in [0.15, 0.2) is 17.5 Å². The van der Waals surface area contributed by atoms with Gasteiger partial charge >= 0.3 is 0 Å². The van der Waals surface area contributed by atoms with Gasteiger partial charge < -0.3 is 8.98 Å². The van der Waals surface area contributed by atoms with Gasteiger partial charge in [-0.15, -0.1) is 11.3 Å². The summed E-state index contributed by atoms with van der Waals surface area (Å²) in [4.78, 5) is 14.7. The largest absolute Gasteiger partial charge is 0.456 e. The molecule has 11 rings (SSSR count). The molecule has 0 fully saturated rings. The fourth-order valence-electron chi connectivity index (χ4n) is 7.53. The predicted molar refractivity (Wildman–Crippen MR) is 211 cm³/mol. The molecule has 0 atom stereocenters. The maximum absolute atomic E-state index is 6.64. The molecule has 0 aliphatic carbocycles. The second-order valence-electron chi connectivity index (χ2n) is 12.8. The maximum atomic E-state index is 6.64. The molecule has 0 aliphatic heterocycles. The number of benzene rings is 7. The summed E-state index contributed by atoms with van der Waals surface area (Å²) in [5, 5.41) is 7.28. The first kappa shape index (κ1) is 28.2. The first-order chi connectivity index (χ1) is 25.3. The smallest absolute Gasteiger partial charge is 0.164 e. The van der Waals surface area contributed by atoms with E-state index in [2.05, 4.69) is 95.6 Å². The first-order valence-electron chi connectivity index (χ1n) is 16.9. The molecule has 0 spiro atoms. The van der Waals surface area contributed by atoms with Crippen molar-refractivity contribution in [1.29, 1.82) is 0 Å². The number of fused-ring (bicyclic) bond motifs is 10. The molecule has 11 aromatic rings. The second kappa shape index (κ2) is 10.9. The second-order valence-corrected chi connectivity index (χ2v) is 13.9. The van der Waals surface area contributed by atoms with Gasteiger partial charge in [0.05, 0.1) is 11.0 Å². The topological polar surface area (TPSA) is 56.7 Å². The third-order valence-electron chi connectivity index (χ3n) is 9.85. The number of nitrogens with zero attached hydrogens (tertiary/aromatic N) is 4. The van der Waals surface area contributed by atoms with Gasteiger partial charge in [-0.25, -0.2) is 15.0 Å². The zero-order chi connectivity index (χ0) is 33.5. The molecule has 0 saturated carbocycles. The van der Waals surface area contributed by atoms with Gasteiger partial charge in [0.1, 0.15) is 11.2 Å². The van der Waals surface area contributed by atoms with Gasteiger partial charge in [-0.05, 0) is 48.5 Å². The van der Waals surface area contributed by atoms with Crippen molar-refractivity contribution < 1.29 is 4.42 Å². The average molecular weight is 671 g/mol. The highest BCUT2D eigenvalue weighted by Crippen LogP contribution is 2.44. The van der Waals surface area contributed by atoms with Gasteiger partial charge in [-0.2, -0.15) is 0 Å². The van der Waals surface area contributed by atoms with E-state index in [1.807, 2.05) is 78.1 Å². The number of para-hydroxylation sites is 1. The van der Waals surface area contributed by atoms with E-state index in [4.69, 9.17) is 19.4 Å². The van der Waals surface area contributed by atoms with Crippen molar-refractivity contribution in [3.8, 4) is 39.9 Å². The van der Waals surface area contributed by atoms with Crippen molar-refractivity contribution in [2.24, 2.45) is 0 Å². The van der Waals surface area contributed by atoms with Crippen LogP contribution in [0.3, 0.4) is 0 Å². The van der Waals surface area contributed by atoms with Crippen LogP contribution < -0.4 is 0 Å². The number of hydrogen-bond acceptors (Lipinski definition) is 5. The Morgan fingerprint density at radius 2 is 1.02 bits per heavy atom. The van der Waals surface area contributed by atoms with Crippen molar-refractivity contribution >= 4 is 75.3 Å². The minimum absolute atomic E-state index is 0.600. The zero-order valence-electron chi connectivity index (χ0n) is 27.1. The van der Waals surface area contributed by atoms with E-state index in [0.29, 0.717) is 17.5 Å². The molecule has 0 unspecified atom stereocenters. The number of hydrogen-bond donors (Lipinski definition) is 0. The molecule has 4 aromatic heterocycles. The number of rotatable bonds is 4. The highest BCUT2D eigenvalue weighted by atomic mass is 32.1. The van der Waals surface area contributed by atoms with Crippen LogP contribution in [0, 0.1) is 0 Å². The summed E-state index contributed by atoms with van der Waals surface area (Å²) in [6, 6.07) is 54.9. The summed E-state index contributed by atoms with van der Waals surface area (Å²) in [7, 11) is 0. The summed E-state index contributed by atoms with van der Waals surface area (Å²) < 4.78 is 11.6. The fourth-order valence-corrected chi connectivity index (χ4v) is 8.65. The molecule has 4 heterocycles. The molecular formula is C45H26N4OS. The van der Waals surface area contributed by atoms with Crippen LogP contribution in [0.25, 0.3) is 104 Å². The lowest BCUT2D eigenvalue weighted by Gasteiger charge is -2.08. The number of aromatic nitrogens is 4. The molecule has 7 aromatic carbocycles. The Balaban J connectivity index is 1.08. The summed E-state index contributed by atoms with van der Waals surface area (Å²) in [5.74, 6) is 1.86. The van der Waals surface area contributed by atoms with E-state index in [1.165, 1.54) is 42.0 Å². The third kappa shape index (κ3) is 4.37. The molecule has 6 heteroatoms. The Kier molecular flexibility index (Phi) is 6.05. The minimum atomic E-state index is 0.600. The monoisotopic (exact) mass is 670 g/mol. The van der Waals surface area contributed by atoms with Crippen LogP contribution in [-0.2, 0) is 0 Å². The van der Waals surface area contributed by atoms with Gasteiger partial charge in [-0.3, -0.25) is 0 Å². The van der Waals surface area contributed by atoms with Gasteiger partial charge in [0, 0.05) is 70.2 Å². The van der Waals surface area contributed by atoms with Gasteiger partial charge in [0.2, 0.25) is 0 Å². The van der Waals surface area contributed by atoms with E-state index >= 15 is 0 Å². The van der Waals surface area contributed by atoms with E-state index in [9.17, 15) is 0 Å². The van der Waals surface area contributed by atoms with Crippen LogP contribution in [-0.4, -0.2) is 19.5 Å². The summed E-state index contributed by atoms with van der Waals surface area (Å²) in [6.45, 7) is 0. The Labute approximate surface area is 295 Å². The fraction of sp³-hybridized carbons (Fsp3) is 0. The molecular weight excluding hydrogens is 645 g/mol. The van der Waals surface area contributed by atoms with Crippen LogP contribution in [0.5, 0.6) is 0 Å². The SMILES string of the molecule is c1ccc(-c2nc(-c3ccccc3)nc(-c3ccc4c(c3)oc3cc(-n5c6ccccc6c6c7c(ccc65)sc5ccccc57)ccc34)n2)cc1. The lowest BCUT2D eigenvalue weighted by atomic mass is 10.1. The van der Waals surface area contributed by atoms with Crippen LogP contribution in [0.15, 0.2) is 162 Å². The summed E-state index contributed by atoms with van der Waals surface area (Å²) >= 11 is 1.86. The molecule has 0 saturated heterocycles. The molecule has 0 amide bonds. The number of furan rings is 1. The predicted octanol–water partition coefficient (Wildman–Crippen LogP) is 12.2. The highest BCUT2D eigenvalue weighted by Gasteiger charge is 2.19. The van der Waals surface area contributed by atoms with Gasteiger partial charge in [0.25, 0.3) is 0 Å². The first-order valence-corrected chi connectivity index (χ1v) is 17.8. The summed E-state index contributed by atoms with van der Waals surface area (Å²) in [6.07, 6.45) is 0. The standard InChI is InChI=1S/C45H26N4OS/c1-3-11-27(12-4-1)43-46-44(28-13-5-2-6-14-28)48-45(47-43)29-19-21-31-32-22-20-30(26-38(32)50-37(31)25-29)49-35-17-9-7-15-33(35)41-36(49)23-24-40-42(41)34-16-8-10-18-39(34)51-40/h1-26H. The van der Waals surface area contributed by atoms with Crippen molar-refractivity contribution in [2.45, 2.75) is 0 Å². The quantitative estimate of drug-likeness (QED) is 0.187. The van der Waals surface area contributed by atoms with Crippen LogP contribution in [0.4, 0.5) is 0 Å². The average Bonchev–Trinajstić information content (AvgIpc) is 3.87. The van der Waals surface area contributed by atoms with Crippen LogP contribution in [0.2, 0.25) is 0 Å². The van der Waals surface area contributed by atoms with E-state index < -0.39 is 0 Å². The van der Waals surface area contributed by atoms with Crippen LogP contribution in [0.1, 0.15) is 0 Å². The molecule has 51 heavy (non-hydrogen) atoms. The van der Waals surface area contributed by atoms with Crippen molar-refractivity contribution in [3.05, 3.63) is 158 Å². The third-order valence-corrected chi connectivity index (χ3v) is 11.0. The Bertz CT molecular complexity index is 3080. The normalized spacial score (nSPS) is 11.9. The maximum Gasteiger partial charge on any atom is 0.164 e. The lowest BCUT2D eigenvalue weighted by molar-refractivity contribution is 0.668. The molecule has 0 N–H and O–H groups in total. The molecule has 5 nitrogen and oxygen atoms in total. The van der Waals surface area contributed by atoms with Crippen molar-refractivity contribution in [2.75, 3.05) is 0 Å². The molecule has 0 radical (unpaired) electrons. The minimum Gasteiger partial charge on any atom is -0.456 e. The van der Waals surface area contributed by atoms with E-state index in [1.54, 1.807) is 0 Å². The van der Waals surface area contributed by atoms with Crippen molar-refractivity contribution in [1.82, 2.24) is 19.5 Å². The highest BCUT2D eigenvalue weighted by molar-refractivity contribution is 7.26. The van der Waals surface area contributed by atoms with Crippen molar-refractivity contribution in [3.63, 3.8) is 0 Å². The Morgan fingerprint density at radius 3 is 1.76 bits per heavy atom. The molecule has 238 valence electrons. The zero-order valence-corrected chi connectivity index (χ0v) is 27.9. The lowest BCUT2D eigenvalue weighted by Crippen LogP contribution is -2.00. The Morgan fingerprint density at radius 1 is 0.412 bits per heavy atom. The van der Waals surface area contributed by atoms with Gasteiger partial charge in [-0.1, -0.05) is 103 Å². The molecule has 0 bridgehead atoms. The van der Waals surface area contributed by atoms with E-state index in [-0.39, 0.29) is 0 Å². The Hall–Kier alpha value is -6.63. The number of thiophene rings is 1. The van der Waals surface area contributed by atoms with E-state index in [0.717, 1.165) is 44.3 Å². The van der Waals surface area contributed by atoms with Crippen LogP contribution >= 0.6 is 11.3 Å². The molecule has 0 aliphatic rings. The summed E-state index contributed by atoms with van der Waals surface area (Å²) in [5.41, 5.74) is 7.78.